The van der Waals surface area contributed by atoms with Gasteiger partial charge in [0.25, 0.3) is 0 Å². The third-order valence-corrected chi connectivity index (χ3v) is 5.50. The van der Waals surface area contributed by atoms with Crippen molar-refractivity contribution in [2.75, 3.05) is 13.1 Å². The van der Waals surface area contributed by atoms with Crippen LogP contribution in [0.5, 0.6) is 0 Å². The fourth-order valence-corrected chi connectivity index (χ4v) is 3.20. The van der Waals surface area contributed by atoms with Gasteiger partial charge in [0.1, 0.15) is 18.6 Å². The molecule has 0 aliphatic heterocycles. The van der Waals surface area contributed by atoms with Gasteiger partial charge in [0.2, 0.25) is 17.7 Å². The number of nitrogens with two attached hydrogens (primary N) is 3. The molecule has 0 saturated heterocycles. The van der Waals surface area contributed by atoms with Gasteiger partial charge in [-0.2, -0.15) is 13.2 Å². The minimum absolute atomic E-state index is 0.156. The van der Waals surface area contributed by atoms with E-state index in [4.69, 9.17) is 17.2 Å². The number of benzene rings is 1. The number of hydrogen-bond donors (Lipinski definition) is 6. The van der Waals surface area contributed by atoms with Gasteiger partial charge in [-0.1, -0.05) is 50.6 Å². The Bertz CT molecular complexity index is 881. The number of amides is 3. The Morgan fingerprint density at radius 3 is 2.25 bits per heavy atom. The minimum Gasteiger partial charge on any atom is -0.370 e. The first-order chi connectivity index (χ1) is 16.8. The Hall–Kier alpha value is -3.35. The molecule has 0 aromatic heterocycles. The van der Waals surface area contributed by atoms with Crippen molar-refractivity contribution in [2.24, 2.45) is 28.1 Å². The Morgan fingerprint density at radius 2 is 1.69 bits per heavy atom. The maximum atomic E-state index is 13.0. The molecule has 10 nitrogen and oxygen atoms in total. The monoisotopic (exact) mass is 515 g/mol. The summed E-state index contributed by atoms with van der Waals surface area (Å²) in [5.74, 6) is -2.47. The number of aliphatic imine (C=N–C) groups is 1. The van der Waals surface area contributed by atoms with Gasteiger partial charge < -0.3 is 33.2 Å². The number of nitrogens with zero attached hydrogens (tertiary/aromatic N) is 1. The van der Waals surface area contributed by atoms with E-state index < -0.39 is 48.6 Å². The van der Waals surface area contributed by atoms with Gasteiger partial charge in [-0.15, -0.1) is 0 Å². The van der Waals surface area contributed by atoms with E-state index in [1.54, 1.807) is 31.2 Å². The molecule has 0 saturated carbocycles. The molecule has 3 amide bonds. The highest BCUT2D eigenvalue weighted by molar-refractivity contribution is 5.93. The van der Waals surface area contributed by atoms with Crippen molar-refractivity contribution in [3.63, 3.8) is 0 Å². The number of rotatable bonds is 14. The Kier molecular flexibility index (Phi) is 12.7. The summed E-state index contributed by atoms with van der Waals surface area (Å²) in [7, 11) is 0. The molecular weight excluding hydrogens is 479 g/mol. The van der Waals surface area contributed by atoms with Crippen LogP contribution >= 0.6 is 0 Å². The zero-order valence-corrected chi connectivity index (χ0v) is 20.5. The maximum Gasteiger partial charge on any atom is 0.408 e. The molecule has 0 fully saturated rings. The summed E-state index contributed by atoms with van der Waals surface area (Å²) in [6.07, 6.45) is -3.20. The lowest BCUT2D eigenvalue weighted by Gasteiger charge is -2.27. The van der Waals surface area contributed by atoms with Gasteiger partial charge in [-0.3, -0.25) is 14.4 Å². The van der Waals surface area contributed by atoms with Crippen LogP contribution in [0.4, 0.5) is 13.2 Å². The zero-order valence-electron chi connectivity index (χ0n) is 20.5. The fraction of sp³-hybridized carbons (Fsp3) is 0.565. The van der Waals surface area contributed by atoms with Crippen LogP contribution < -0.4 is 33.2 Å². The van der Waals surface area contributed by atoms with Crippen molar-refractivity contribution >= 4 is 23.7 Å². The molecule has 1 aromatic rings. The molecule has 1 rings (SSSR count). The largest absolute Gasteiger partial charge is 0.408 e. The number of primary amides is 1. The minimum atomic E-state index is -4.45. The summed E-state index contributed by atoms with van der Waals surface area (Å²) in [5.41, 5.74) is 17.6. The second-order valence-electron chi connectivity index (χ2n) is 8.52. The summed E-state index contributed by atoms with van der Waals surface area (Å²) >= 11 is 0. The normalized spacial score (nSPS) is 15.3. The lowest BCUT2D eigenvalue weighted by Crippen LogP contribution is -2.57. The van der Waals surface area contributed by atoms with Crippen molar-refractivity contribution in [2.45, 2.75) is 63.8 Å². The van der Waals surface area contributed by atoms with Gasteiger partial charge in [-0.05, 0) is 24.3 Å². The van der Waals surface area contributed by atoms with Crippen LogP contribution in [0.1, 0.15) is 38.7 Å². The summed E-state index contributed by atoms with van der Waals surface area (Å²) in [4.78, 5) is 40.7. The van der Waals surface area contributed by atoms with Crippen molar-refractivity contribution < 1.29 is 27.6 Å². The molecule has 4 atom stereocenters. The molecule has 0 heterocycles. The van der Waals surface area contributed by atoms with Crippen LogP contribution in [0.25, 0.3) is 0 Å². The lowest BCUT2D eigenvalue weighted by molar-refractivity contribution is -0.132. The molecule has 13 heteroatoms. The van der Waals surface area contributed by atoms with E-state index in [0.29, 0.717) is 12.8 Å². The topological polar surface area (TPSA) is 178 Å². The highest BCUT2D eigenvalue weighted by atomic mass is 19.4. The van der Waals surface area contributed by atoms with E-state index in [9.17, 15) is 27.6 Å². The second-order valence-corrected chi connectivity index (χ2v) is 8.52. The predicted molar refractivity (Wildman–Crippen MR) is 130 cm³/mol. The van der Waals surface area contributed by atoms with Crippen LogP contribution in [0.3, 0.4) is 0 Å². The van der Waals surface area contributed by atoms with E-state index in [-0.39, 0.29) is 31.3 Å². The zero-order chi connectivity index (χ0) is 27.3. The van der Waals surface area contributed by atoms with E-state index in [1.807, 2.05) is 13.0 Å². The average Bonchev–Trinajstić information content (AvgIpc) is 2.82. The van der Waals surface area contributed by atoms with Gasteiger partial charge in [0.15, 0.2) is 5.96 Å². The van der Waals surface area contributed by atoms with Crippen molar-refractivity contribution in [1.29, 1.82) is 0 Å². The number of nitrogens with one attached hydrogen (secondary N) is 3. The number of alkyl halides is 3. The van der Waals surface area contributed by atoms with E-state index in [0.717, 1.165) is 5.56 Å². The quantitative estimate of drug-likeness (QED) is 0.118. The molecular formula is C23H36F3N7O3. The fourth-order valence-electron chi connectivity index (χ4n) is 3.20. The highest BCUT2D eigenvalue weighted by Crippen LogP contribution is 2.14. The molecule has 202 valence electrons. The summed E-state index contributed by atoms with van der Waals surface area (Å²) in [6.45, 7) is 2.39. The molecule has 0 radical (unpaired) electrons. The van der Waals surface area contributed by atoms with Gasteiger partial charge in [-0.25, -0.2) is 4.99 Å². The van der Waals surface area contributed by atoms with Crippen LogP contribution in [-0.4, -0.2) is 61.1 Å². The predicted octanol–water partition coefficient (Wildman–Crippen LogP) is 0.304. The first-order valence-corrected chi connectivity index (χ1v) is 11.6. The first kappa shape index (κ1) is 30.7. The molecule has 1 aromatic carbocycles. The third-order valence-electron chi connectivity index (χ3n) is 5.50. The number of hydrogen-bond acceptors (Lipinski definition) is 5. The number of guanidine groups is 1. The third kappa shape index (κ3) is 11.9. The number of carbonyl (C=O) groups is 3. The molecule has 9 N–H and O–H groups in total. The molecule has 36 heavy (non-hydrogen) atoms. The first-order valence-electron chi connectivity index (χ1n) is 11.6. The van der Waals surface area contributed by atoms with Gasteiger partial charge in [0, 0.05) is 13.0 Å². The smallest absolute Gasteiger partial charge is 0.370 e. The summed E-state index contributed by atoms with van der Waals surface area (Å²) in [6, 6.07) is 6.15. The second kappa shape index (κ2) is 14.9. The standard InChI is InChI=1S/C23H36F3N7O3/c1-3-14(2)18(21(36)32-17(19(28)34)12-15-8-5-4-6-9-15)33-20(35)16(27)10-7-11-30-22(29)31-13-23(24,25)26/h4-6,8-9,14,16-18H,3,7,10-13,27H2,1-2H3,(H2,28,34)(H,32,36)(H,33,35)(H3,29,30,31)/t14-,16-,17-,18?/m0/s1. The van der Waals surface area contributed by atoms with Crippen LogP contribution in [0, 0.1) is 5.92 Å². The van der Waals surface area contributed by atoms with Crippen molar-refractivity contribution in [3.8, 4) is 0 Å². The van der Waals surface area contributed by atoms with E-state index >= 15 is 0 Å². The Balaban J connectivity index is 2.66. The van der Waals surface area contributed by atoms with Crippen LogP contribution in [-0.2, 0) is 20.8 Å². The average molecular weight is 516 g/mol. The molecule has 0 spiro atoms. The summed E-state index contributed by atoms with van der Waals surface area (Å²) < 4.78 is 36.4. The molecule has 0 bridgehead atoms. The molecule has 0 aliphatic carbocycles. The van der Waals surface area contributed by atoms with Gasteiger partial charge >= 0.3 is 6.18 Å². The molecule has 1 unspecified atom stereocenters. The lowest BCUT2D eigenvalue weighted by atomic mass is 9.96. The Labute approximate surface area is 208 Å². The Morgan fingerprint density at radius 1 is 1.06 bits per heavy atom. The highest BCUT2D eigenvalue weighted by Gasteiger charge is 2.30. The summed E-state index contributed by atoms with van der Waals surface area (Å²) in [5, 5.41) is 7.79. The van der Waals surface area contributed by atoms with Crippen molar-refractivity contribution in [1.82, 2.24) is 16.0 Å². The number of carbonyl (C=O) groups excluding carboxylic acids is 3. The maximum absolute atomic E-state index is 13.0. The van der Waals surface area contributed by atoms with Gasteiger partial charge in [0.05, 0.1) is 6.04 Å². The number of halogens is 3. The SMILES string of the molecule is CC[C@H](C)C(NC(=O)[C@@H](N)CCCNC(N)=NCC(F)(F)F)C(=O)N[C@@H](Cc1ccccc1)C(N)=O. The van der Waals surface area contributed by atoms with Crippen LogP contribution in [0.2, 0.25) is 0 Å². The molecule has 0 aliphatic rings. The van der Waals surface area contributed by atoms with E-state index in [2.05, 4.69) is 20.9 Å². The van der Waals surface area contributed by atoms with Crippen molar-refractivity contribution in [3.05, 3.63) is 35.9 Å². The van der Waals surface area contributed by atoms with Crippen LogP contribution in [0.15, 0.2) is 35.3 Å². The van der Waals surface area contributed by atoms with E-state index in [1.165, 1.54) is 0 Å².